The maximum Gasteiger partial charge on any atom is 0.354 e. The van der Waals surface area contributed by atoms with Crippen LogP contribution in [0.1, 0.15) is 16.2 Å². The van der Waals surface area contributed by atoms with E-state index < -0.39 is 5.97 Å². The average molecular weight is 354 g/mol. The lowest BCUT2D eigenvalue weighted by molar-refractivity contribution is 0.0687. The molecule has 22 heavy (non-hydrogen) atoms. The number of aromatic carboxylic acids is 1. The molecular weight excluding hydrogens is 345 g/mol. The number of rotatable bonds is 3. The van der Waals surface area contributed by atoms with Crippen LogP contribution in [0.2, 0.25) is 10.0 Å². The number of thiazole rings is 1. The van der Waals surface area contributed by atoms with Crippen LogP contribution in [0.4, 0.5) is 0 Å². The van der Waals surface area contributed by atoms with Gasteiger partial charge >= 0.3 is 5.97 Å². The van der Waals surface area contributed by atoms with Crippen molar-refractivity contribution in [2.75, 3.05) is 0 Å². The number of aryl methyl sites for hydroxylation is 1. The van der Waals surface area contributed by atoms with E-state index >= 15 is 0 Å². The van der Waals surface area contributed by atoms with Crippen LogP contribution in [-0.4, -0.2) is 25.8 Å². The summed E-state index contributed by atoms with van der Waals surface area (Å²) in [6.45, 7) is 1.73. The smallest absolute Gasteiger partial charge is 0.354 e. The molecular formula is C14H9Cl2N3O2S. The molecule has 1 aromatic carbocycles. The summed E-state index contributed by atoms with van der Waals surface area (Å²) in [7, 11) is 0. The van der Waals surface area contributed by atoms with Gasteiger partial charge in [-0.05, 0) is 31.2 Å². The molecule has 8 heteroatoms. The molecule has 112 valence electrons. The molecule has 0 aliphatic carbocycles. The fraction of sp³-hybridized carbons (Fsp3) is 0.0714. The molecule has 3 rings (SSSR count). The van der Waals surface area contributed by atoms with Crippen molar-refractivity contribution in [2.45, 2.75) is 6.92 Å². The Morgan fingerprint density at radius 1 is 1.32 bits per heavy atom. The second-order valence-electron chi connectivity index (χ2n) is 4.53. The first-order chi connectivity index (χ1) is 10.5. The van der Waals surface area contributed by atoms with Crippen molar-refractivity contribution in [3.63, 3.8) is 0 Å². The molecule has 0 aliphatic rings. The Kier molecular flexibility index (Phi) is 3.90. The summed E-state index contributed by atoms with van der Waals surface area (Å²) in [5.41, 5.74) is 2.06. The van der Waals surface area contributed by atoms with Gasteiger partial charge in [0.2, 0.25) is 5.13 Å². The number of aromatic nitrogens is 3. The molecule has 2 heterocycles. The number of hydrogen-bond acceptors (Lipinski definition) is 4. The zero-order valence-corrected chi connectivity index (χ0v) is 13.6. The predicted octanol–water partition coefficient (Wildman–Crippen LogP) is 4.31. The molecule has 0 bridgehead atoms. The van der Waals surface area contributed by atoms with Crippen LogP contribution in [-0.2, 0) is 0 Å². The normalized spacial score (nSPS) is 10.9. The summed E-state index contributed by atoms with van der Waals surface area (Å²) in [4.78, 5) is 15.7. The van der Waals surface area contributed by atoms with Gasteiger partial charge in [0.15, 0.2) is 5.69 Å². The summed E-state index contributed by atoms with van der Waals surface area (Å²) in [6.07, 6.45) is 0. The molecule has 0 unspecified atom stereocenters. The van der Waals surface area contributed by atoms with Crippen LogP contribution >= 0.6 is 34.5 Å². The monoisotopic (exact) mass is 353 g/mol. The highest BCUT2D eigenvalue weighted by molar-refractivity contribution is 7.12. The zero-order valence-electron chi connectivity index (χ0n) is 11.2. The highest BCUT2D eigenvalue weighted by Crippen LogP contribution is 2.32. The van der Waals surface area contributed by atoms with Crippen LogP contribution in [0.3, 0.4) is 0 Å². The summed E-state index contributed by atoms with van der Waals surface area (Å²) in [5.74, 6) is -1.05. The van der Waals surface area contributed by atoms with Gasteiger partial charge in [-0.2, -0.15) is 9.78 Å². The van der Waals surface area contributed by atoms with Crippen LogP contribution in [0.25, 0.3) is 16.4 Å². The fourth-order valence-corrected chi connectivity index (χ4v) is 3.27. The largest absolute Gasteiger partial charge is 0.477 e. The Hall–Kier alpha value is -1.89. The number of benzene rings is 1. The van der Waals surface area contributed by atoms with Crippen molar-refractivity contribution in [2.24, 2.45) is 0 Å². The minimum absolute atomic E-state index is 0.0700. The Labute approximate surface area is 139 Å². The molecule has 0 aliphatic heterocycles. The van der Waals surface area contributed by atoms with Gasteiger partial charge in [-0.25, -0.2) is 9.78 Å². The Bertz CT molecular complexity index is 873. The van der Waals surface area contributed by atoms with Crippen LogP contribution in [0.5, 0.6) is 0 Å². The van der Waals surface area contributed by atoms with Gasteiger partial charge in [0.1, 0.15) is 0 Å². The van der Waals surface area contributed by atoms with E-state index in [0.29, 0.717) is 26.6 Å². The molecule has 0 spiro atoms. The van der Waals surface area contributed by atoms with Gasteiger partial charge in [0.05, 0.1) is 16.4 Å². The van der Waals surface area contributed by atoms with Crippen LogP contribution in [0, 0.1) is 6.92 Å². The molecule has 0 amide bonds. The Balaban J connectivity index is 2.06. The van der Waals surface area contributed by atoms with Crippen LogP contribution < -0.4 is 0 Å². The topological polar surface area (TPSA) is 68.0 Å². The standard InChI is InChI=1S/C14H9Cl2N3O2S/c1-7-4-12(13(20)21)19(18-7)14-17-11(6-22-14)9-3-2-8(15)5-10(9)16/h2-6H,1H3,(H,20,21). The third kappa shape index (κ3) is 2.72. The highest BCUT2D eigenvalue weighted by atomic mass is 35.5. The summed E-state index contributed by atoms with van der Waals surface area (Å²) in [5, 5.41) is 16.7. The van der Waals surface area contributed by atoms with Gasteiger partial charge in [-0.3, -0.25) is 0 Å². The summed E-state index contributed by atoms with van der Waals surface area (Å²) in [6, 6.07) is 6.63. The van der Waals surface area contributed by atoms with Gasteiger partial charge in [0, 0.05) is 16.0 Å². The average Bonchev–Trinajstić information content (AvgIpc) is 3.05. The number of hydrogen-bond donors (Lipinski definition) is 1. The quantitative estimate of drug-likeness (QED) is 0.761. The predicted molar refractivity (Wildman–Crippen MR) is 86.4 cm³/mol. The molecule has 0 saturated carbocycles. The molecule has 0 saturated heterocycles. The third-order valence-corrected chi connectivity index (χ3v) is 4.29. The minimum Gasteiger partial charge on any atom is -0.477 e. The highest BCUT2D eigenvalue weighted by Gasteiger charge is 2.17. The third-order valence-electron chi connectivity index (χ3n) is 2.93. The maximum absolute atomic E-state index is 11.3. The summed E-state index contributed by atoms with van der Waals surface area (Å²) < 4.78 is 1.32. The second-order valence-corrected chi connectivity index (χ2v) is 6.21. The van der Waals surface area contributed by atoms with Gasteiger partial charge < -0.3 is 5.11 Å². The lowest BCUT2D eigenvalue weighted by atomic mass is 10.2. The minimum atomic E-state index is -1.05. The zero-order chi connectivity index (χ0) is 15.9. The summed E-state index contributed by atoms with van der Waals surface area (Å²) >= 11 is 13.3. The van der Waals surface area contributed by atoms with E-state index in [0.717, 1.165) is 5.56 Å². The van der Waals surface area contributed by atoms with E-state index in [1.165, 1.54) is 22.1 Å². The number of carboxylic acids is 1. The molecule has 1 N–H and O–H groups in total. The molecule has 5 nitrogen and oxygen atoms in total. The second kappa shape index (κ2) is 5.72. The fourth-order valence-electron chi connectivity index (χ4n) is 1.98. The van der Waals surface area contributed by atoms with Crippen molar-refractivity contribution in [3.8, 4) is 16.4 Å². The molecule has 0 fully saturated rings. The van der Waals surface area contributed by atoms with Gasteiger partial charge in [-0.15, -0.1) is 11.3 Å². The maximum atomic E-state index is 11.3. The van der Waals surface area contributed by atoms with Crippen molar-refractivity contribution in [1.82, 2.24) is 14.8 Å². The molecule has 2 aromatic heterocycles. The Morgan fingerprint density at radius 2 is 2.09 bits per heavy atom. The van der Waals surface area contributed by atoms with E-state index in [1.807, 2.05) is 0 Å². The first-order valence-corrected chi connectivity index (χ1v) is 7.80. The number of halogens is 2. The van der Waals surface area contributed by atoms with Gasteiger partial charge in [0.25, 0.3) is 0 Å². The molecule has 0 radical (unpaired) electrons. The van der Waals surface area contributed by atoms with E-state index in [2.05, 4.69) is 10.1 Å². The van der Waals surface area contributed by atoms with Crippen molar-refractivity contribution < 1.29 is 9.90 Å². The van der Waals surface area contributed by atoms with Crippen molar-refractivity contribution >= 4 is 40.5 Å². The van der Waals surface area contributed by atoms with E-state index in [-0.39, 0.29) is 5.69 Å². The number of nitrogens with zero attached hydrogens (tertiary/aromatic N) is 3. The van der Waals surface area contributed by atoms with E-state index in [1.54, 1.807) is 30.5 Å². The van der Waals surface area contributed by atoms with Crippen LogP contribution in [0.15, 0.2) is 29.6 Å². The van der Waals surface area contributed by atoms with Crippen molar-refractivity contribution in [3.05, 3.63) is 51.1 Å². The number of carbonyl (C=O) groups is 1. The van der Waals surface area contributed by atoms with E-state index in [4.69, 9.17) is 23.2 Å². The number of carboxylic acid groups (broad SMARTS) is 1. The first-order valence-electron chi connectivity index (χ1n) is 6.17. The van der Waals surface area contributed by atoms with Gasteiger partial charge in [-0.1, -0.05) is 23.2 Å². The Morgan fingerprint density at radius 3 is 2.77 bits per heavy atom. The lowest BCUT2D eigenvalue weighted by Gasteiger charge is -2.01. The molecule has 3 aromatic rings. The van der Waals surface area contributed by atoms with E-state index in [9.17, 15) is 9.90 Å². The SMILES string of the molecule is Cc1cc(C(=O)O)n(-c2nc(-c3ccc(Cl)cc3Cl)cs2)n1. The van der Waals surface area contributed by atoms with Crippen molar-refractivity contribution in [1.29, 1.82) is 0 Å². The lowest BCUT2D eigenvalue weighted by Crippen LogP contribution is -2.07. The first kappa shape index (κ1) is 15.0. The molecule has 0 atom stereocenters.